The molecule has 1 aromatic carbocycles. The molecule has 0 N–H and O–H groups in total. The molecule has 0 spiro atoms. The molecule has 3 heterocycles. The monoisotopic (exact) mass is 331 g/mol. The molecule has 23 heavy (non-hydrogen) atoms. The Labute approximate surface area is 138 Å². The molecular weight excluding hydrogens is 314 g/mol. The van der Waals surface area contributed by atoms with Crippen LogP contribution in [0.25, 0.3) is 0 Å². The maximum atomic E-state index is 12.7. The van der Waals surface area contributed by atoms with Gasteiger partial charge in [-0.25, -0.2) is 0 Å². The first-order chi connectivity index (χ1) is 11.3. The van der Waals surface area contributed by atoms with Gasteiger partial charge in [-0.3, -0.25) is 4.79 Å². The van der Waals surface area contributed by atoms with Gasteiger partial charge in [0.1, 0.15) is 5.76 Å². The van der Waals surface area contributed by atoms with Gasteiger partial charge in [-0.15, -0.1) is 11.8 Å². The second kappa shape index (κ2) is 6.20. The average molecular weight is 331 g/mol. The van der Waals surface area contributed by atoms with Crippen LogP contribution in [0.1, 0.15) is 27.8 Å². The first-order valence-electron chi connectivity index (χ1n) is 7.65. The first-order valence-corrected chi connectivity index (χ1v) is 8.70. The van der Waals surface area contributed by atoms with E-state index in [1.165, 1.54) is 0 Å². The summed E-state index contributed by atoms with van der Waals surface area (Å²) < 4.78 is 16.2. The summed E-state index contributed by atoms with van der Waals surface area (Å²) >= 11 is 1.85. The molecule has 4 rings (SSSR count). The van der Waals surface area contributed by atoms with Crippen molar-refractivity contribution >= 4 is 17.7 Å². The van der Waals surface area contributed by atoms with Crippen LogP contribution in [-0.2, 0) is 0 Å². The van der Waals surface area contributed by atoms with E-state index in [-0.39, 0.29) is 12.7 Å². The van der Waals surface area contributed by atoms with Crippen LogP contribution in [0.3, 0.4) is 0 Å². The van der Waals surface area contributed by atoms with Crippen molar-refractivity contribution in [3.05, 3.63) is 47.9 Å². The van der Waals surface area contributed by atoms with Gasteiger partial charge in [0.15, 0.2) is 11.5 Å². The number of carbonyl (C=O) groups excluding carboxylic acids is 1. The van der Waals surface area contributed by atoms with Crippen molar-refractivity contribution in [1.82, 2.24) is 4.90 Å². The molecule has 0 unspecified atom stereocenters. The summed E-state index contributed by atoms with van der Waals surface area (Å²) in [7, 11) is 0. The van der Waals surface area contributed by atoms with Gasteiger partial charge in [0.2, 0.25) is 6.79 Å². The Hall–Kier alpha value is -2.08. The lowest BCUT2D eigenvalue weighted by Gasteiger charge is -2.20. The van der Waals surface area contributed by atoms with Crippen LogP contribution in [0.4, 0.5) is 0 Å². The topological polar surface area (TPSA) is 51.9 Å². The minimum atomic E-state index is 0.0454. The number of hydrogen-bond donors (Lipinski definition) is 0. The van der Waals surface area contributed by atoms with Gasteiger partial charge in [0.05, 0.1) is 11.5 Å². The SMILES string of the molecule is O=C(c1ccc2c(c1)OCO2)N1CCS[C@@H](c2ccco2)CC1. The van der Waals surface area contributed by atoms with E-state index in [1.807, 2.05) is 28.8 Å². The molecule has 0 aliphatic carbocycles. The summed E-state index contributed by atoms with van der Waals surface area (Å²) in [6.07, 6.45) is 2.60. The number of rotatable bonds is 2. The highest BCUT2D eigenvalue weighted by atomic mass is 32.2. The maximum absolute atomic E-state index is 12.7. The fourth-order valence-corrected chi connectivity index (χ4v) is 4.07. The lowest BCUT2D eigenvalue weighted by atomic mass is 10.1. The third kappa shape index (κ3) is 2.91. The summed E-state index contributed by atoms with van der Waals surface area (Å²) in [5, 5.41) is 0.319. The first kappa shape index (κ1) is 14.5. The lowest BCUT2D eigenvalue weighted by Crippen LogP contribution is -2.32. The Balaban J connectivity index is 1.46. The fraction of sp³-hybridized carbons (Fsp3) is 0.353. The van der Waals surface area contributed by atoms with Gasteiger partial charge in [-0.05, 0) is 36.8 Å². The zero-order chi connectivity index (χ0) is 15.6. The van der Waals surface area contributed by atoms with Crippen LogP contribution in [0.15, 0.2) is 41.0 Å². The predicted molar refractivity (Wildman–Crippen MR) is 87.0 cm³/mol. The molecule has 0 bridgehead atoms. The molecular formula is C17H17NO4S. The molecule has 2 aromatic rings. The van der Waals surface area contributed by atoms with Crippen molar-refractivity contribution in [2.24, 2.45) is 0 Å². The number of fused-ring (bicyclic) bond motifs is 1. The number of carbonyl (C=O) groups is 1. The highest BCUT2D eigenvalue weighted by molar-refractivity contribution is 7.99. The highest BCUT2D eigenvalue weighted by Crippen LogP contribution is 2.36. The summed E-state index contributed by atoms with van der Waals surface area (Å²) in [6.45, 7) is 1.69. The third-order valence-corrected chi connectivity index (χ3v) is 5.40. The number of amides is 1. The molecule has 0 saturated carbocycles. The van der Waals surface area contributed by atoms with Crippen LogP contribution in [0.2, 0.25) is 0 Å². The summed E-state index contributed by atoms with van der Waals surface area (Å²) in [5.41, 5.74) is 0.649. The molecule has 1 saturated heterocycles. The molecule has 1 amide bonds. The normalized spacial score (nSPS) is 20.3. The maximum Gasteiger partial charge on any atom is 0.254 e. The second-order valence-electron chi connectivity index (χ2n) is 5.52. The molecule has 5 nitrogen and oxygen atoms in total. The van der Waals surface area contributed by atoms with Crippen molar-refractivity contribution in [2.45, 2.75) is 11.7 Å². The molecule has 2 aliphatic rings. The van der Waals surface area contributed by atoms with E-state index in [2.05, 4.69) is 0 Å². The van der Waals surface area contributed by atoms with Crippen molar-refractivity contribution in [3.63, 3.8) is 0 Å². The van der Waals surface area contributed by atoms with Crippen molar-refractivity contribution in [3.8, 4) is 11.5 Å². The van der Waals surface area contributed by atoms with Gasteiger partial charge in [0, 0.05) is 24.4 Å². The van der Waals surface area contributed by atoms with E-state index in [0.717, 1.165) is 31.0 Å². The van der Waals surface area contributed by atoms with Crippen molar-refractivity contribution < 1.29 is 18.7 Å². The van der Waals surface area contributed by atoms with E-state index >= 15 is 0 Å². The second-order valence-corrected chi connectivity index (χ2v) is 6.83. The van der Waals surface area contributed by atoms with E-state index in [4.69, 9.17) is 13.9 Å². The van der Waals surface area contributed by atoms with Gasteiger partial charge < -0.3 is 18.8 Å². The van der Waals surface area contributed by atoms with Gasteiger partial charge >= 0.3 is 0 Å². The molecule has 2 aliphatic heterocycles. The number of nitrogens with zero attached hydrogens (tertiary/aromatic N) is 1. The summed E-state index contributed by atoms with van der Waals surface area (Å²) in [4.78, 5) is 14.7. The van der Waals surface area contributed by atoms with Crippen LogP contribution < -0.4 is 9.47 Å². The fourth-order valence-electron chi connectivity index (χ4n) is 2.89. The zero-order valence-electron chi connectivity index (χ0n) is 12.6. The smallest absolute Gasteiger partial charge is 0.254 e. The predicted octanol–water partition coefficient (Wildman–Crippen LogP) is 3.33. The Kier molecular flexibility index (Phi) is 3.91. The van der Waals surface area contributed by atoms with E-state index < -0.39 is 0 Å². The van der Waals surface area contributed by atoms with Crippen LogP contribution in [-0.4, -0.2) is 36.4 Å². The molecule has 1 fully saturated rings. The van der Waals surface area contributed by atoms with E-state index in [0.29, 0.717) is 22.3 Å². The molecule has 6 heteroatoms. The molecule has 1 aromatic heterocycles. The van der Waals surface area contributed by atoms with Crippen molar-refractivity contribution in [1.29, 1.82) is 0 Å². The summed E-state index contributed by atoms with van der Waals surface area (Å²) in [5.74, 6) is 3.29. The zero-order valence-corrected chi connectivity index (χ0v) is 13.4. The quantitative estimate of drug-likeness (QED) is 0.845. The number of benzene rings is 1. The van der Waals surface area contributed by atoms with Crippen LogP contribution in [0, 0.1) is 0 Å². The van der Waals surface area contributed by atoms with Gasteiger partial charge in [-0.1, -0.05) is 0 Å². The van der Waals surface area contributed by atoms with Crippen molar-refractivity contribution in [2.75, 3.05) is 25.6 Å². The van der Waals surface area contributed by atoms with Crippen LogP contribution >= 0.6 is 11.8 Å². The van der Waals surface area contributed by atoms with E-state index in [1.54, 1.807) is 24.5 Å². The van der Waals surface area contributed by atoms with Gasteiger partial charge in [-0.2, -0.15) is 0 Å². The highest BCUT2D eigenvalue weighted by Gasteiger charge is 2.25. The minimum Gasteiger partial charge on any atom is -0.468 e. The Bertz CT molecular complexity index is 701. The standard InChI is InChI=1S/C17H17NO4S/c19-17(12-3-4-13-15(10-12)22-11-21-13)18-6-5-16(23-9-7-18)14-2-1-8-20-14/h1-4,8,10,16H,5-7,9,11H2/t16-/m1/s1. The average Bonchev–Trinajstić information content (AvgIpc) is 3.21. The molecule has 120 valence electrons. The lowest BCUT2D eigenvalue weighted by molar-refractivity contribution is 0.0765. The Morgan fingerprint density at radius 1 is 1.17 bits per heavy atom. The number of ether oxygens (including phenoxy) is 2. The Morgan fingerprint density at radius 2 is 2.09 bits per heavy atom. The molecule has 1 atom stereocenters. The molecule has 0 radical (unpaired) electrons. The largest absolute Gasteiger partial charge is 0.468 e. The van der Waals surface area contributed by atoms with Crippen LogP contribution in [0.5, 0.6) is 11.5 Å². The minimum absolute atomic E-state index is 0.0454. The van der Waals surface area contributed by atoms with E-state index in [9.17, 15) is 4.79 Å². The number of hydrogen-bond acceptors (Lipinski definition) is 5. The summed E-state index contributed by atoms with van der Waals surface area (Å²) in [6, 6.07) is 9.29. The Morgan fingerprint density at radius 3 is 2.96 bits per heavy atom. The number of thioether (sulfide) groups is 1. The number of furan rings is 1. The third-order valence-electron chi connectivity index (χ3n) is 4.11. The van der Waals surface area contributed by atoms with Gasteiger partial charge in [0.25, 0.3) is 5.91 Å².